The lowest BCUT2D eigenvalue weighted by Gasteiger charge is -2.14. The van der Waals surface area contributed by atoms with E-state index in [0.717, 1.165) is 6.54 Å². The predicted molar refractivity (Wildman–Crippen MR) is 88.7 cm³/mol. The average molecular weight is 333 g/mol. The summed E-state index contributed by atoms with van der Waals surface area (Å²) in [6, 6.07) is 2.85. The van der Waals surface area contributed by atoms with Crippen molar-refractivity contribution < 1.29 is 23.8 Å². The third-order valence-electron chi connectivity index (χ3n) is 3.69. The van der Waals surface area contributed by atoms with E-state index < -0.39 is 6.10 Å². The van der Waals surface area contributed by atoms with E-state index in [-0.39, 0.29) is 40.1 Å². The Labute approximate surface area is 137 Å². The van der Waals surface area contributed by atoms with Gasteiger partial charge in [0.25, 0.3) is 0 Å². The monoisotopic (exact) mass is 333 g/mol. The van der Waals surface area contributed by atoms with Gasteiger partial charge in [-0.3, -0.25) is 4.79 Å². The summed E-state index contributed by atoms with van der Waals surface area (Å²) in [6.45, 7) is 4.75. The lowest BCUT2D eigenvalue weighted by Crippen LogP contribution is -2.31. The molecule has 3 aromatic rings. The first-order valence-corrected chi connectivity index (χ1v) is 7.71. The number of aliphatic hydroxyl groups excluding tert-OH is 1. The van der Waals surface area contributed by atoms with Crippen molar-refractivity contribution >= 4 is 21.9 Å². The molecule has 0 fully saturated rings. The molecule has 1 unspecified atom stereocenters. The molecule has 2 heterocycles. The zero-order chi connectivity index (χ0) is 17.3. The molecule has 7 nitrogen and oxygen atoms in total. The lowest BCUT2D eigenvalue weighted by molar-refractivity contribution is 0.107. The van der Waals surface area contributed by atoms with E-state index >= 15 is 0 Å². The molecule has 0 aliphatic carbocycles. The maximum atomic E-state index is 12.1. The number of aryl methyl sites for hydroxylation is 1. The first-order valence-electron chi connectivity index (χ1n) is 7.71. The molecule has 24 heavy (non-hydrogen) atoms. The van der Waals surface area contributed by atoms with Crippen LogP contribution in [0.3, 0.4) is 0 Å². The molecule has 0 aliphatic rings. The number of phenolic OH excluding ortho intramolecular Hbond substituents is 1. The first-order chi connectivity index (χ1) is 11.5. The van der Waals surface area contributed by atoms with Gasteiger partial charge in [-0.05, 0) is 19.5 Å². The number of fused-ring (bicyclic) bond motifs is 2. The van der Waals surface area contributed by atoms with Crippen molar-refractivity contribution in [2.24, 2.45) is 0 Å². The van der Waals surface area contributed by atoms with Crippen LogP contribution in [0.25, 0.3) is 21.9 Å². The number of hydrogen-bond acceptors (Lipinski definition) is 7. The summed E-state index contributed by atoms with van der Waals surface area (Å²) in [4.78, 5) is 12.1. The van der Waals surface area contributed by atoms with Crippen LogP contribution in [0.2, 0.25) is 0 Å². The molecule has 3 N–H and O–H groups in total. The van der Waals surface area contributed by atoms with Gasteiger partial charge < -0.3 is 29.1 Å². The van der Waals surface area contributed by atoms with Crippen LogP contribution in [-0.4, -0.2) is 36.0 Å². The number of benzene rings is 1. The standard InChI is InChI=1S/C17H19NO6/c1-3-18-7-10(19)8-23-17-15-11(6-9(2)24-15)14(21)13-12(20)4-5-22-16(13)17/h4-6,10,18-19,21H,3,7-8H2,1-2H3. The Hall–Kier alpha value is -2.51. The van der Waals surface area contributed by atoms with Crippen molar-refractivity contribution in [1.29, 1.82) is 0 Å². The molecule has 128 valence electrons. The van der Waals surface area contributed by atoms with Gasteiger partial charge in [0.1, 0.15) is 29.6 Å². The zero-order valence-electron chi connectivity index (χ0n) is 13.5. The topological polar surface area (TPSA) is 105 Å². The summed E-state index contributed by atoms with van der Waals surface area (Å²) in [5, 5.41) is 23.7. The van der Waals surface area contributed by atoms with Gasteiger partial charge in [0, 0.05) is 12.6 Å². The van der Waals surface area contributed by atoms with Crippen LogP contribution in [-0.2, 0) is 0 Å². The van der Waals surface area contributed by atoms with Crippen molar-refractivity contribution in [1.82, 2.24) is 5.32 Å². The summed E-state index contributed by atoms with van der Waals surface area (Å²) in [5.41, 5.74) is -0.00690. The van der Waals surface area contributed by atoms with E-state index in [0.29, 0.717) is 17.7 Å². The van der Waals surface area contributed by atoms with Gasteiger partial charge in [0.05, 0.1) is 11.6 Å². The van der Waals surface area contributed by atoms with E-state index in [1.54, 1.807) is 13.0 Å². The van der Waals surface area contributed by atoms with Crippen LogP contribution in [0.4, 0.5) is 0 Å². The molecular weight excluding hydrogens is 314 g/mol. The smallest absolute Gasteiger partial charge is 0.206 e. The van der Waals surface area contributed by atoms with Gasteiger partial charge in [-0.1, -0.05) is 6.92 Å². The summed E-state index contributed by atoms with van der Waals surface area (Å²) in [7, 11) is 0. The van der Waals surface area contributed by atoms with Gasteiger partial charge in [-0.15, -0.1) is 0 Å². The highest BCUT2D eigenvalue weighted by Gasteiger charge is 2.22. The van der Waals surface area contributed by atoms with E-state index in [4.69, 9.17) is 13.6 Å². The van der Waals surface area contributed by atoms with Gasteiger partial charge in [-0.25, -0.2) is 0 Å². The molecule has 0 amide bonds. The molecule has 2 aromatic heterocycles. The summed E-state index contributed by atoms with van der Waals surface area (Å²) in [6.07, 6.45) is 0.489. The van der Waals surface area contributed by atoms with Crippen molar-refractivity contribution in [3.05, 3.63) is 34.4 Å². The lowest BCUT2D eigenvalue weighted by atomic mass is 10.1. The summed E-state index contributed by atoms with van der Waals surface area (Å²) in [5.74, 6) is 0.548. The number of aliphatic hydroxyl groups is 1. The minimum Gasteiger partial charge on any atom is -0.506 e. The first kappa shape index (κ1) is 16.4. The molecular formula is C17H19NO6. The second kappa shape index (κ2) is 6.54. The van der Waals surface area contributed by atoms with E-state index in [1.165, 1.54) is 12.3 Å². The Kier molecular flexibility index (Phi) is 4.46. The fourth-order valence-corrected chi connectivity index (χ4v) is 2.59. The van der Waals surface area contributed by atoms with Crippen molar-refractivity contribution in [3.8, 4) is 11.5 Å². The van der Waals surface area contributed by atoms with E-state index in [2.05, 4.69) is 5.32 Å². The third-order valence-corrected chi connectivity index (χ3v) is 3.69. The van der Waals surface area contributed by atoms with Crippen LogP contribution in [0.1, 0.15) is 12.7 Å². The Morgan fingerprint density at radius 2 is 2.17 bits per heavy atom. The third kappa shape index (κ3) is 2.83. The minimum absolute atomic E-state index is 0.0136. The number of aromatic hydroxyl groups is 1. The largest absolute Gasteiger partial charge is 0.506 e. The fourth-order valence-electron chi connectivity index (χ4n) is 2.59. The molecule has 1 atom stereocenters. The van der Waals surface area contributed by atoms with Crippen molar-refractivity contribution in [3.63, 3.8) is 0 Å². The van der Waals surface area contributed by atoms with Gasteiger partial charge >= 0.3 is 0 Å². The van der Waals surface area contributed by atoms with Gasteiger partial charge in [0.15, 0.2) is 16.6 Å². The molecule has 0 aliphatic heterocycles. The van der Waals surface area contributed by atoms with Crippen LogP contribution in [0.15, 0.2) is 32.0 Å². The molecule has 0 saturated carbocycles. The average Bonchev–Trinajstić information content (AvgIpc) is 2.94. The molecule has 0 bridgehead atoms. The highest BCUT2D eigenvalue weighted by molar-refractivity contribution is 6.06. The highest BCUT2D eigenvalue weighted by Crippen LogP contribution is 2.42. The molecule has 0 spiro atoms. The van der Waals surface area contributed by atoms with Crippen molar-refractivity contribution in [2.45, 2.75) is 20.0 Å². The highest BCUT2D eigenvalue weighted by atomic mass is 16.5. The van der Waals surface area contributed by atoms with E-state index in [9.17, 15) is 15.0 Å². The zero-order valence-corrected chi connectivity index (χ0v) is 13.5. The second-order valence-electron chi connectivity index (χ2n) is 5.54. The number of hydrogen-bond donors (Lipinski definition) is 3. The minimum atomic E-state index is -0.740. The van der Waals surface area contributed by atoms with Gasteiger partial charge in [0.2, 0.25) is 5.75 Å². The quantitative estimate of drug-likeness (QED) is 0.633. The number of likely N-dealkylation sites (N-methyl/N-ethyl adjacent to an activating group) is 1. The van der Waals surface area contributed by atoms with Crippen LogP contribution >= 0.6 is 0 Å². The molecule has 7 heteroatoms. The second-order valence-corrected chi connectivity index (χ2v) is 5.54. The summed E-state index contributed by atoms with van der Waals surface area (Å²) < 4.78 is 16.7. The van der Waals surface area contributed by atoms with Gasteiger partial charge in [-0.2, -0.15) is 0 Å². The maximum Gasteiger partial charge on any atom is 0.206 e. The van der Waals surface area contributed by atoms with Crippen LogP contribution < -0.4 is 15.5 Å². The number of nitrogens with one attached hydrogen (secondary N) is 1. The van der Waals surface area contributed by atoms with Crippen molar-refractivity contribution in [2.75, 3.05) is 19.7 Å². The molecule has 0 saturated heterocycles. The normalized spacial score (nSPS) is 12.8. The van der Waals surface area contributed by atoms with E-state index in [1.807, 2.05) is 6.92 Å². The number of furan rings is 1. The predicted octanol–water partition coefficient (Wildman–Crippen LogP) is 1.90. The SMILES string of the molecule is CCNCC(O)COc1c2oc(C)cc2c(O)c2c(=O)ccoc12. The number of rotatable bonds is 6. The Balaban J connectivity index is 2.11. The molecule has 0 radical (unpaired) electrons. The molecule has 1 aromatic carbocycles. The van der Waals surface area contributed by atoms with Crippen LogP contribution in [0, 0.1) is 6.92 Å². The maximum absolute atomic E-state index is 12.1. The Morgan fingerprint density at radius 1 is 1.38 bits per heavy atom. The summed E-state index contributed by atoms with van der Waals surface area (Å²) >= 11 is 0. The Bertz CT molecular complexity index is 926. The molecule has 3 rings (SSSR count). The fraction of sp³-hybridized carbons (Fsp3) is 0.353. The number of phenols is 1. The number of ether oxygens (including phenoxy) is 1. The Morgan fingerprint density at radius 3 is 2.92 bits per heavy atom. The van der Waals surface area contributed by atoms with Crippen LogP contribution in [0.5, 0.6) is 11.5 Å².